The Labute approximate surface area is 127 Å². The number of rotatable bonds is 6. The number of carbonyl (C=O) groups excluding carboxylic acids is 1. The van der Waals surface area contributed by atoms with Gasteiger partial charge in [0.05, 0.1) is 12.0 Å². The molecule has 1 fully saturated rings. The second-order valence-corrected chi connectivity index (χ2v) is 5.70. The lowest BCUT2D eigenvalue weighted by Crippen LogP contribution is -2.32. The molecule has 5 nitrogen and oxygen atoms in total. The minimum atomic E-state index is -1.11. The SMILES string of the molecule is O=C(O)c1ccc(CNC(=O)C2(Cc3ccccc3)CC2)o1. The topological polar surface area (TPSA) is 79.5 Å². The predicted octanol–water partition coefficient (Wildman–Crippen LogP) is 2.62. The summed E-state index contributed by atoms with van der Waals surface area (Å²) in [6.07, 6.45) is 2.50. The molecule has 0 atom stereocenters. The van der Waals surface area contributed by atoms with Gasteiger partial charge in [0.15, 0.2) is 0 Å². The Balaban J connectivity index is 1.58. The van der Waals surface area contributed by atoms with Crippen LogP contribution in [0.4, 0.5) is 0 Å². The molecule has 1 aromatic heterocycles. The van der Waals surface area contributed by atoms with Crippen molar-refractivity contribution >= 4 is 11.9 Å². The van der Waals surface area contributed by atoms with Crippen molar-refractivity contribution < 1.29 is 19.1 Å². The van der Waals surface area contributed by atoms with Crippen molar-refractivity contribution in [1.82, 2.24) is 5.32 Å². The Hall–Kier alpha value is -2.56. The van der Waals surface area contributed by atoms with Gasteiger partial charge in [0, 0.05) is 0 Å². The number of furan rings is 1. The van der Waals surface area contributed by atoms with Gasteiger partial charge < -0.3 is 14.8 Å². The second kappa shape index (κ2) is 5.67. The lowest BCUT2D eigenvalue weighted by molar-refractivity contribution is -0.126. The summed E-state index contributed by atoms with van der Waals surface area (Å²) < 4.78 is 5.13. The van der Waals surface area contributed by atoms with Crippen LogP contribution in [0.3, 0.4) is 0 Å². The van der Waals surface area contributed by atoms with E-state index in [4.69, 9.17) is 9.52 Å². The first kappa shape index (κ1) is 14.4. The highest BCUT2D eigenvalue weighted by molar-refractivity contribution is 5.86. The average Bonchev–Trinajstić information content (AvgIpc) is 3.13. The van der Waals surface area contributed by atoms with Crippen molar-refractivity contribution in [3.05, 3.63) is 59.5 Å². The fourth-order valence-electron chi connectivity index (χ4n) is 2.56. The van der Waals surface area contributed by atoms with Crippen molar-refractivity contribution in [3.63, 3.8) is 0 Å². The molecule has 0 saturated heterocycles. The number of carbonyl (C=O) groups is 2. The molecule has 0 spiro atoms. The van der Waals surface area contributed by atoms with E-state index in [0.29, 0.717) is 5.76 Å². The van der Waals surface area contributed by atoms with Crippen LogP contribution in [0.2, 0.25) is 0 Å². The average molecular weight is 299 g/mol. The number of hydrogen-bond donors (Lipinski definition) is 2. The largest absolute Gasteiger partial charge is 0.475 e. The summed E-state index contributed by atoms with van der Waals surface area (Å²) in [5.74, 6) is -0.777. The van der Waals surface area contributed by atoms with Crippen molar-refractivity contribution in [2.75, 3.05) is 0 Å². The van der Waals surface area contributed by atoms with Gasteiger partial charge in [-0.3, -0.25) is 4.79 Å². The molecule has 0 radical (unpaired) electrons. The zero-order chi connectivity index (χ0) is 15.6. The summed E-state index contributed by atoms with van der Waals surface area (Å²) in [6, 6.07) is 12.9. The van der Waals surface area contributed by atoms with Gasteiger partial charge in [0.25, 0.3) is 0 Å². The molecule has 0 bridgehead atoms. The second-order valence-electron chi connectivity index (χ2n) is 5.70. The van der Waals surface area contributed by atoms with Crippen LogP contribution in [0.5, 0.6) is 0 Å². The first-order valence-corrected chi connectivity index (χ1v) is 7.23. The quantitative estimate of drug-likeness (QED) is 0.859. The molecule has 3 rings (SSSR count). The van der Waals surface area contributed by atoms with Gasteiger partial charge in [0.1, 0.15) is 5.76 Å². The normalized spacial score (nSPS) is 15.3. The summed E-state index contributed by atoms with van der Waals surface area (Å²) in [5.41, 5.74) is 0.838. The van der Waals surface area contributed by atoms with Crippen molar-refractivity contribution in [2.24, 2.45) is 5.41 Å². The van der Waals surface area contributed by atoms with Gasteiger partial charge in [-0.25, -0.2) is 4.79 Å². The number of amides is 1. The highest BCUT2D eigenvalue weighted by atomic mass is 16.4. The van der Waals surface area contributed by atoms with Crippen LogP contribution in [0.1, 0.15) is 34.7 Å². The standard InChI is InChI=1S/C17H17NO4/c19-15(20)14-7-6-13(22-14)11-18-16(21)17(8-9-17)10-12-4-2-1-3-5-12/h1-7H,8-11H2,(H,18,21)(H,19,20). The smallest absolute Gasteiger partial charge is 0.371 e. The van der Waals surface area contributed by atoms with E-state index in [0.717, 1.165) is 24.8 Å². The third-order valence-electron chi connectivity index (χ3n) is 4.02. The molecule has 2 N–H and O–H groups in total. The zero-order valence-electron chi connectivity index (χ0n) is 12.0. The lowest BCUT2D eigenvalue weighted by atomic mass is 9.95. The van der Waals surface area contributed by atoms with E-state index >= 15 is 0 Å². The molecule has 0 unspecified atom stereocenters. The maximum absolute atomic E-state index is 12.4. The number of hydrogen-bond acceptors (Lipinski definition) is 3. The fourth-order valence-corrected chi connectivity index (χ4v) is 2.56. The summed E-state index contributed by atoms with van der Waals surface area (Å²) in [6.45, 7) is 0.211. The number of aromatic carboxylic acids is 1. The number of nitrogens with one attached hydrogen (secondary N) is 1. The molecule has 2 aromatic rings. The molecule has 1 aliphatic rings. The molecular weight excluding hydrogens is 282 g/mol. The van der Waals surface area contributed by atoms with E-state index in [2.05, 4.69) is 5.32 Å². The summed E-state index contributed by atoms with van der Waals surface area (Å²) >= 11 is 0. The fraction of sp³-hybridized carbons (Fsp3) is 0.294. The van der Waals surface area contributed by atoms with Crippen LogP contribution >= 0.6 is 0 Å². The minimum Gasteiger partial charge on any atom is -0.475 e. The first-order chi connectivity index (χ1) is 10.6. The summed E-state index contributed by atoms with van der Waals surface area (Å²) in [4.78, 5) is 23.1. The van der Waals surface area contributed by atoms with Crippen molar-refractivity contribution in [3.8, 4) is 0 Å². The van der Waals surface area contributed by atoms with Crippen LogP contribution in [0.25, 0.3) is 0 Å². The molecule has 0 aliphatic heterocycles. The van der Waals surface area contributed by atoms with Crippen LogP contribution in [-0.4, -0.2) is 17.0 Å². The maximum Gasteiger partial charge on any atom is 0.371 e. The van der Waals surface area contributed by atoms with E-state index in [1.54, 1.807) is 6.07 Å². The molecule has 1 amide bonds. The van der Waals surface area contributed by atoms with Gasteiger partial charge in [-0.05, 0) is 37.0 Å². The van der Waals surface area contributed by atoms with Crippen molar-refractivity contribution in [1.29, 1.82) is 0 Å². The van der Waals surface area contributed by atoms with E-state index in [1.807, 2.05) is 30.3 Å². The molecule has 5 heteroatoms. The van der Waals surface area contributed by atoms with E-state index in [-0.39, 0.29) is 23.6 Å². The van der Waals surface area contributed by atoms with Crippen LogP contribution in [0.15, 0.2) is 46.9 Å². The predicted molar refractivity (Wildman–Crippen MR) is 79.3 cm³/mol. The van der Waals surface area contributed by atoms with Crippen LogP contribution in [0, 0.1) is 5.41 Å². The molecule has 1 aliphatic carbocycles. The van der Waals surface area contributed by atoms with Crippen molar-refractivity contribution in [2.45, 2.75) is 25.8 Å². The zero-order valence-corrected chi connectivity index (χ0v) is 12.0. The van der Waals surface area contributed by atoms with Gasteiger partial charge in [0.2, 0.25) is 11.7 Å². The van der Waals surface area contributed by atoms with Crippen LogP contribution in [-0.2, 0) is 17.8 Å². The van der Waals surface area contributed by atoms with E-state index < -0.39 is 5.97 Å². The maximum atomic E-state index is 12.4. The van der Waals surface area contributed by atoms with Crippen LogP contribution < -0.4 is 5.32 Å². The Morgan fingerprint density at radius 3 is 2.45 bits per heavy atom. The lowest BCUT2D eigenvalue weighted by Gasteiger charge is -2.14. The van der Waals surface area contributed by atoms with Gasteiger partial charge in [-0.1, -0.05) is 30.3 Å². The summed E-state index contributed by atoms with van der Waals surface area (Å²) in [7, 11) is 0. The Morgan fingerprint density at radius 2 is 1.86 bits per heavy atom. The molecule has 1 aromatic carbocycles. The van der Waals surface area contributed by atoms with Gasteiger partial charge >= 0.3 is 5.97 Å². The molecular formula is C17H17NO4. The molecule has 1 saturated carbocycles. The van der Waals surface area contributed by atoms with E-state index in [1.165, 1.54) is 6.07 Å². The highest BCUT2D eigenvalue weighted by Crippen LogP contribution is 2.48. The first-order valence-electron chi connectivity index (χ1n) is 7.23. The van der Waals surface area contributed by atoms with Gasteiger partial charge in [-0.15, -0.1) is 0 Å². The molecule has 22 heavy (non-hydrogen) atoms. The Bertz CT molecular complexity index is 686. The number of benzene rings is 1. The third-order valence-corrected chi connectivity index (χ3v) is 4.02. The Kier molecular flexibility index (Phi) is 3.71. The minimum absolute atomic E-state index is 0.00429. The van der Waals surface area contributed by atoms with Gasteiger partial charge in [-0.2, -0.15) is 0 Å². The molecule has 1 heterocycles. The third kappa shape index (κ3) is 3.03. The highest BCUT2D eigenvalue weighted by Gasteiger charge is 2.49. The Morgan fingerprint density at radius 1 is 1.14 bits per heavy atom. The number of carboxylic acids is 1. The number of carboxylic acid groups (broad SMARTS) is 1. The molecule has 114 valence electrons. The monoisotopic (exact) mass is 299 g/mol. The van der Waals surface area contributed by atoms with E-state index in [9.17, 15) is 9.59 Å². The summed E-state index contributed by atoms with van der Waals surface area (Å²) in [5, 5.41) is 11.6.